The number of hydrogen-bond acceptors (Lipinski definition) is 5. The van der Waals surface area contributed by atoms with Crippen LogP contribution in [0, 0.1) is 0 Å². The van der Waals surface area contributed by atoms with Crippen molar-refractivity contribution in [2.45, 2.75) is 5.37 Å². The van der Waals surface area contributed by atoms with Crippen molar-refractivity contribution in [3.05, 3.63) is 84.6 Å². The van der Waals surface area contributed by atoms with Gasteiger partial charge in [-0.25, -0.2) is 9.97 Å². The lowest BCUT2D eigenvalue weighted by Crippen LogP contribution is -2.27. The number of carbonyl (C=O) groups excluding carboxylic acids is 1. The molecule has 1 fully saturated rings. The van der Waals surface area contributed by atoms with Crippen LogP contribution >= 0.6 is 11.8 Å². The number of carbonyl (C=O) groups is 1. The van der Waals surface area contributed by atoms with E-state index in [-0.39, 0.29) is 17.0 Å². The van der Waals surface area contributed by atoms with E-state index in [2.05, 4.69) is 9.97 Å². The highest BCUT2D eigenvalue weighted by Gasteiger charge is 2.35. The van der Waals surface area contributed by atoms with Gasteiger partial charge >= 0.3 is 0 Å². The maximum atomic E-state index is 12.6. The van der Waals surface area contributed by atoms with E-state index in [0.29, 0.717) is 11.4 Å². The van der Waals surface area contributed by atoms with E-state index in [1.54, 1.807) is 23.2 Å². The van der Waals surface area contributed by atoms with E-state index in [4.69, 9.17) is 0 Å². The molecule has 1 aliphatic rings. The van der Waals surface area contributed by atoms with E-state index in [0.717, 1.165) is 27.9 Å². The Kier molecular flexibility index (Phi) is 4.41. The van der Waals surface area contributed by atoms with Gasteiger partial charge in [0.15, 0.2) is 5.65 Å². The molecule has 1 atom stereocenters. The number of thioether (sulfide) groups is 1. The van der Waals surface area contributed by atoms with Gasteiger partial charge in [0.2, 0.25) is 5.91 Å². The number of para-hydroxylation sites is 1. The molecule has 5 nitrogen and oxygen atoms in total. The average molecular weight is 399 g/mol. The zero-order valence-corrected chi connectivity index (χ0v) is 16.2. The number of phenols is 1. The highest BCUT2D eigenvalue weighted by atomic mass is 32.2. The summed E-state index contributed by atoms with van der Waals surface area (Å²) in [6.45, 7) is 0. The Bertz CT molecular complexity index is 1210. The highest BCUT2D eigenvalue weighted by molar-refractivity contribution is 8.00. The summed E-state index contributed by atoms with van der Waals surface area (Å²) in [6.07, 6.45) is 1.73. The molecule has 0 spiro atoms. The van der Waals surface area contributed by atoms with Crippen molar-refractivity contribution in [2.75, 3.05) is 10.7 Å². The van der Waals surface area contributed by atoms with Crippen LogP contribution < -0.4 is 4.90 Å². The van der Waals surface area contributed by atoms with Crippen LogP contribution in [-0.2, 0) is 4.79 Å². The monoisotopic (exact) mass is 399 g/mol. The first-order valence-electron chi connectivity index (χ1n) is 9.24. The smallest absolute Gasteiger partial charge is 0.238 e. The van der Waals surface area contributed by atoms with Gasteiger partial charge in [0, 0.05) is 28.4 Å². The van der Waals surface area contributed by atoms with Crippen molar-refractivity contribution in [2.24, 2.45) is 0 Å². The number of fused-ring (bicyclic) bond motifs is 1. The predicted octanol–water partition coefficient (Wildman–Crippen LogP) is 4.78. The molecule has 3 heterocycles. The summed E-state index contributed by atoms with van der Waals surface area (Å²) in [6, 6.07) is 22.8. The number of benzene rings is 2. The minimum atomic E-state index is -0.238. The number of anilines is 1. The third kappa shape index (κ3) is 3.21. The van der Waals surface area contributed by atoms with Crippen molar-refractivity contribution < 1.29 is 9.90 Å². The molecular weight excluding hydrogens is 382 g/mol. The lowest BCUT2D eigenvalue weighted by atomic mass is 10.1. The maximum Gasteiger partial charge on any atom is 0.238 e. The molecule has 6 heteroatoms. The molecule has 0 bridgehead atoms. The van der Waals surface area contributed by atoms with E-state index >= 15 is 0 Å². The Morgan fingerprint density at radius 1 is 0.966 bits per heavy atom. The topological polar surface area (TPSA) is 66.3 Å². The van der Waals surface area contributed by atoms with Crippen molar-refractivity contribution in [1.82, 2.24) is 9.97 Å². The van der Waals surface area contributed by atoms with Gasteiger partial charge in [0.1, 0.15) is 11.1 Å². The number of phenolic OH excluding ortho intramolecular Hbond substituents is 1. The summed E-state index contributed by atoms with van der Waals surface area (Å²) in [5.41, 5.74) is 4.05. The van der Waals surface area contributed by atoms with Crippen LogP contribution in [0.15, 0.2) is 79.0 Å². The Morgan fingerprint density at radius 2 is 1.79 bits per heavy atom. The predicted molar refractivity (Wildman–Crippen MR) is 116 cm³/mol. The molecule has 1 N–H and O–H groups in total. The van der Waals surface area contributed by atoms with Crippen molar-refractivity contribution in [1.29, 1.82) is 0 Å². The Labute approximate surface area is 172 Å². The SMILES string of the molecule is O=C1CSC(c2ccccc2O)N1c1ccc(-c2ccc3cccnc3n2)cc1. The quantitative estimate of drug-likeness (QED) is 0.537. The molecule has 0 aliphatic carbocycles. The fraction of sp³-hybridized carbons (Fsp3) is 0.0870. The number of pyridine rings is 2. The van der Waals surface area contributed by atoms with Crippen LogP contribution in [0.2, 0.25) is 0 Å². The molecule has 5 rings (SSSR count). The molecule has 2 aromatic heterocycles. The van der Waals surface area contributed by atoms with Gasteiger partial charge in [-0.15, -0.1) is 11.8 Å². The molecule has 29 heavy (non-hydrogen) atoms. The molecule has 1 unspecified atom stereocenters. The van der Waals surface area contributed by atoms with Crippen LogP contribution in [0.1, 0.15) is 10.9 Å². The lowest BCUT2D eigenvalue weighted by Gasteiger charge is -2.25. The molecule has 1 saturated heterocycles. The van der Waals surface area contributed by atoms with Gasteiger partial charge in [0.25, 0.3) is 0 Å². The summed E-state index contributed by atoms with van der Waals surface area (Å²) in [5.74, 6) is 0.622. The van der Waals surface area contributed by atoms with Crippen molar-refractivity contribution in [3.8, 4) is 17.0 Å². The number of hydrogen-bond donors (Lipinski definition) is 1. The molecule has 1 amide bonds. The van der Waals surface area contributed by atoms with Crippen LogP contribution in [0.5, 0.6) is 5.75 Å². The van der Waals surface area contributed by atoms with Crippen LogP contribution in [-0.4, -0.2) is 26.7 Å². The number of nitrogens with zero attached hydrogens (tertiary/aromatic N) is 3. The molecule has 142 valence electrons. The van der Waals surface area contributed by atoms with Crippen LogP contribution in [0.4, 0.5) is 5.69 Å². The first-order valence-corrected chi connectivity index (χ1v) is 10.3. The van der Waals surface area contributed by atoms with Gasteiger partial charge in [-0.3, -0.25) is 9.69 Å². The molecule has 4 aromatic rings. The summed E-state index contributed by atoms with van der Waals surface area (Å²) in [7, 11) is 0. The van der Waals surface area contributed by atoms with Crippen molar-refractivity contribution in [3.63, 3.8) is 0 Å². The molecule has 0 saturated carbocycles. The first-order chi connectivity index (χ1) is 14.2. The highest BCUT2D eigenvalue weighted by Crippen LogP contribution is 2.44. The summed E-state index contributed by atoms with van der Waals surface area (Å²) in [4.78, 5) is 23.3. The minimum Gasteiger partial charge on any atom is -0.508 e. The zero-order valence-electron chi connectivity index (χ0n) is 15.4. The number of amides is 1. The number of aromatic nitrogens is 2. The first kappa shape index (κ1) is 17.7. The average Bonchev–Trinajstić information content (AvgIpc) is 3.15. The zero-order chi connectivity index (χ0) is 19.8. The van der Waals surface area contributed by atoms with Gasteiger partial charge in [-0.2, -0.15) is 0 Å². The van der Waals surface area contributed by atoms with E-state index < -0.39 is 0 Å². The van der Waals surface area contributed by atoms with Crippen LogP contribution in [0.25, 0.3) is 22.3 Å². The molecule has 0 radical (unpaired) electrons. The third-order valence-electron chi connectivity index (χ3n) is 4.98. The Hall–Kier alpha value is -3.38. The van der Waals surface area contributed by atoms with E-state index in [9.17, 15) is 9.90 Å². The Morgan fingerprint density at radius 3 is 2.62 bits per heavy atom. The summed E-state index contributed by atoms with van der Waals surface area (Å²) < 4.78 is 0. The third-order valence-corrected chi connectivity index (χ3v) is 6.17. The maximum absolute atomic E-state index is 12.6. The largest absolute Gasteiger partial charge is 0.508 e. The molecule has 1 aliphatic heterocycles. The lowest BCUT2D eigenvalue weighted by molar-refractivity contribution is -0.115. The van der Waals surface area contributed by atoms with Gasteiger partial charge in [-0.05, 0) is 42.5 Å². The standard InChI is InChI=1S/C23H17N3O2S/c27-20-6-2-1-5-18(20)23-26(21(28)14-29-23)17-10-7-15(8-11-17)19-12-9-16-4-3-13-24-22(16)25-19/h1-13,23,27H,14H2. The normalized spacial score (nSPS) is 16.5. The van der Waals surface area contributed by atoms with E-state index in [1.807, 2.05) is 60.7 Å². The second-order valence-electron chi connectivity index (χ2n) is 6.78. The number of aromatic hydroxyl groups is 1. The minimum absolute atomic E-state index is 0.0315. The summed E-state index contributed by atoms with van der Waals surface area (Å²) >= 11 is 1.52. The van der Waals surface area contributed by atoms with Crippen molar-refractivity contribution >= 4 is 34.4 Å². The van der Waals surface area contributed by atoms with E-state index in [1.165, 1.54) is 11.8 Å². The second-order valence-corrected chi connectivity index (χ2v) is 7.85. The molecule has 2 aromatic carbocycles. The van der Waals surface area contributed by atoms with Gasteiger partial charge < -0.3 is 5.11 Å². The van der Waals surface area contributed by atoms with Gasteiger partial charge in [-0.1, -0.05) is 30.3 Å². The Balaban J connectivity index is 1.48. The fourth-order valence-corrected chi connectivity index (χ4v) is 4.74. The number of rotatable bonds is 3. The molecular formula is C23H17N3O2S. The fourth-order valence-electron chi connectivity index (χ4n) is 3.54. The van der Waals surface area contributed by atoms with Gasteiger partial charge in [0.05, 0.1) is 11.4 Å². The van der Waals surface area contributed by atoms with Crippen LogP contribution in [0.3, 0.4) is 0 Å². The summed E-state index contributed by atoms with van der Waals surface area (Å²) in [5, 5.41) is 11.0. The second kappa shape index (κ2) is 7.22.